The number of aromatic amines is 1. The lowest BCUT2D eigenvalue weighted by Crippen LogP contribution is -1.96. The topological polar surface area (TPSA) is 88.1 Å². The van der Waals surface area contributed by atoms with Gasteiger partial charge in [0.05, 0.1) is 18.2 Å². The third kappa shape index (κ3) is 2.69. The molecule has 0 fully saturated rings. The van der Waals surface area contributed by atoms with Crippen LogP contribution >= 0.6 is 0 Å². The Bertz CT molecular complexity index is 811. The van der Waals surface area contributed by atoms with Crippen molar-refractivity contribution < 1.29 is 14.6 Å². The first-order valence-corrected chi connectivity index (χ1v) is 6.36. The van der Waals surface area contributed by atoms with Gasteiger partial charge < -0.3 is 14.8 Å². The van der Waals surface area contributed by atoms with Crippen molar-refractivity contribution in [3.63, 3.8) is 0 Å². The molecule has 0 aliphatic rings. The van der Waals surface area contributed by atoms with Crippen LogP contribution in [0.5, 0.6) is 5.75 Å². The molecule has 6 nitrogen and oxygen atoms in total. The Kier molecular flexibility index (Phi) is 3.27. The van der Waals surface area contributed by atoms with Crippen LogP contribution in [0, 0.1) is 0 Å². The van der Waals surface area contributed by atoms with E-state index in [4.69, 9.17) is 9.84 Å². The number of carboxylic acids is 1. The van der Waals surface area contributed by atoms with Gasteiger partial charge in [-0.2, -0.15) is 0 Å². The summed E-state index contributed by atoms with van der Waals surface area (Å²) < 4.78 is 5.19. The average molecular weight is 283 g/mol. The van der Waals surface area contributed by atoms with Gasteiger partial charge in [0.15, 0.2) is 5.65 Å². The van der Waals surface area contributed by atoms with Gasteiger partial charge >= 0.3 is 5.97 Å². The average Bonchev–Trinajstić information content (AvgIpc) is 2.88. The molecule has 1 aromatic carbocycles. The summed E-state index contributed by atoms with van der Waals surface area (Å²) in [5.74, 6) is 0.511. The van der Waals surface area contributed by atoms with E-state index in [0.29, 0.717) is 17.6 Å². The summed E-state index contributed by atoms with van der Waals surface area (Å²) in [5, 5.41) is 8.96. The monoisotopic (exact) mass is 283 g/mol. The standard InChI is InChI=1S/C15H13N3O3/c1-21-11-4-2-3-9(5-11)6-13-17-12-7-10(15(19)20)8-16-14(12)18-13/h2-5,7-8H,6H2,1H3,(H,19,20)(H,16,17,18). The molecule has 21 heavy (non-hydrogen) atoms. The highest BCUT2D eigenvalue weighted by Gasteiger charge is 2.09. The molecule has 0 radical (unpaired) electrons. The number of carbonyl (C=O) groups is 1. The zero-order valence-electron chi connectivity index (χ0n) is 11.3. The number of ether oxygens (including phenoxy) is 1. The van der Waals surface area contributed by atoms with Gasteiger partial charge in [-0.15, -0.1) is 0 Å². The summed E-state index contributed by atoms with van der Waals surface area (Å²) in [5.41, 5.74) is 2.32. The second-order valence-electron chi connectivity index (χ2n) is 4.61. The van der Waals surface area contributed by atoms with Crippen LogP contribution in [-0.4, -0.2) is 33.1 Å². The maximum absolute atomic E-state index is 10.9. The van der Waals surface area contributed by atoms with Crippen LogP contribution in [0.15, 0.2) is 36.5 Å². The summed E-state index contributed by atoms with van der Waals surface area (Å²) in [6.07, 6.45) is 1.90. The van der Waals surface area contributed by atoms with E-state index in [1.807, 2.05) is 24.3 Å². The molecule has 0 aliphatic carbocycles. The summed E-state index contributed by atoms with van der Waals surface area (Å²) in [4.78, 5) is 22.4. The number of benzene rings is 1. The van der Waals surface area contributed by atoms with E-state index in [2.05, 4.69) is 15.0 Å². The molecule has 0 unspecified atom stereocenters. The number of rotatable bonds is 4. The van der Waals surface area contributed by atoms with Gasteiger partial charge in [0, 0.05) is 12.6 Å². The van der Waals surface area contributed by atoms with Crippen molar-refractivity contribution in [3.05, 3.63) is 53.5 Å². The van der Waals surface area contributed by atoms with E-state index in [-0.39, 0.29) is 5.56 Å². The Balaban J connectivity index is 1.92. The molecule has 6 heteroatoms. The predicted octanol–water partition coefficient (Wildman–Crippen LogP) is 2.26. The number of carboxylic acid groups (broad SMARTS) is 1. The molecule has 0 bridgehead atoms. The first-order valence-electron chi connectivity index (χ1n) is 6.36. The van der Waals surface area contributed by atoms with Crippen molar-refractivity contribution in [3.8, 4) is 5.75 Å². The lowest BCUT2D eigenvalue weighted by molar-refractivity contribution is 0.0696. The third-order valence-electron chi connectivity index (χ3n) is 3.14. The number of nitrogens with zero attached hydrogens (tertiary/aromatic N) is 2. The van der Waals surface area contributed by atoms with Gasteiger partial charge in [-0.25, -0.2) is 14.8 Å². The Morgan fingerprint density at radius 3 is 3.00 bits per heavy atom. The Morgan fingerprint density at radius 2 is 2.24 bits per heavy atom. The number of hydrogen-bond donors (Lipinski definition) is 2. The number of hydrogen-bond acceptors (Lipinski definition) is 4. The second kappa shape index (κ2) is 5.24. The fourth-order valence-corrected chi connectivity index (χ4v) is 2.13. The lowest BCUT2D eigenvalue weighted by atomic mass is 10.1. The Morgan fingerprint density at radius 1 is 1.38 bits per heavy atom. The van der Waals surface area contributed by atoms with Crippen LogP contribution in [0.25, 0.3) is 11.2 Å². The van der Waals surface area contributed by atoms with Crippen LogP contribution in [0.4, 0.5) is 0 Å². The van der Waals surface area contributed by atoms with E-state index >= 15 is 0 Å². The zero-order valence-corrected chi connectivity index (χ0v) is 11.3. The van der Waals surface area contributed by atoms with Crippen LogP contribution in [0.3, 0.4) is 0 Å². The maximum Gasteiger partial charge on any atom is 0.337 e. The summed E-state index contributed by atoms with van der Waals surface area (Å²) in [7, 11) is 1.62. The molecule has 2 aromatic heterocycles. The normalized spacial score (nSPS) is 10.7. The highest BCUT2D eigenvalue weighted by Crippen LogP contribution is 2.17. The molecule has 2 heterocycles. The van der Waals surface area contributed by atoms with Crippen molar-refractivity contribution in [2.75, 3.05) is 7.11 Å². The molecular weight excluding hydrogens is 270 g/mol. The van der Waals surface area contributed by atoms with E-state index in [9.17, 15) is 4.79 Å². The molecule has 0 amide bonds. The maximum atomic E-state index is 10.9. The summed E-state index contributed by atoms with van der Waals surface area (Å²) in [6, 6.07) is 9.24. The molecule has 0 aliphatic heterocycles. The largest absolute Gasteiger partial charge is 0.497 e. The lowest BCUT2D eigenvalue weighted by Gasteiger charge is -2.02. The smallest absolute Gasteiger partial charge is 0.337 e. The van der Waals surface area contributed by atoms with E-state index < -0.39 is 5.97 Å². The van der Waals surface area contributed by atoms with Crippen LogP contribution in [0.1, 0.15) is 21.7 Å². The molecular formula is C15H13N3O3. The number of imidazole rings is 1. The zero-order chi connectivity index (χ0) is 14.8. The summed E-state index contributed by atoms with van der Waals surface area (Å²) >= 11 is 0. The van der Waals surface area contributed by atoms with Gasteiger partial charge in [-0.3, -0.25) is 0 Å². The second-order valence-corrected chi connectivity index (χ2v) is 4.61. The van der Waals surface area contributed by atoms with Gasteiger partial charge in [-0.05, 0) is 23.8 Å². The van der Waals surface area contributed by atoms with Gasteiger partial charge in [0.2, 0.25) is 0 Å². The molecule has 0 saturated carbocycles. The highest BCUT2D eigenvalue weighted by molar-refractivity contribution is 5.90. The van der Waals surface area contributed by atoms with Gasteiger partial charge in [-0.1, -0.05) is 12.1 Å². The minimum absolute atomic E-state index is 0.138. The number of nitrogens with one attached hydrogen (secondary N) is 1. The molecule has 0 spiro atoms. The third-order valence-corrected chi connectivity index (χ3v) is 3.14. The van der Waals surface area contributed by atoms with Crippen molar-refractivity contribution >= 4 is 17.1 Å². The number of H-pyrrole nitrogens is 1. The highest BCUT2D eigenvalue weighted by atomic mass is 16.5. The molecule has 2 N–H and O–H groups in total. The molecule has 3 rings (SSSR count). The van der Waals surface area contributed by atoms with Gasteiger partial charge in [0.25, 0.3) is 0 Å². The number of pyridine rings is 1. The van der Waals surface area contributed by atoms with Crippen molar-refractivity contribution in [2.45, 2.75) is 6.42 Å². The fourth-order valence-electron chi connectivity index (χ4n) is 2.13. The summed E-state index contributed by atoms with van der Waals surface area (Å²) in [6.45, 7) is 0. The van der Waals surface area contributed by atoms with Crippen molar-refractivity contribution in [1.82, 2.24) is 15.0 Å². The Hall–Kier alpha value is -2.89. The number of aromatic nitrogens is 3. The van der Waals surface area contributed by atoms with Crippen LogP contribution in [-0.2, 0) is 6.42 Å². The number of aromatic carboxylic acids is 1. The number of methoxy groups -OCH3 is 1. The van der Waals surface area contributed by atoms with E-state index in [0.717, 1.165) is 17.1 Å². The van der Waals surface area contributed by atoms with E-state index in [1.54, 1.807) is 7.11 Å². The van der Waals surface area contributed by atoms with Crippen molar-refractivity contribution in [1.29, 1.82) is 0 Å². The van der Waals surface area contributed by atoms with Crippen LogP contribution < -0.4 is 4.74 Å². The van der Waals surface area contributed by atoms with Gasteiger partial charge in [0.1, 0.15) is 11.6 Å². The first-order chi connectivity index (χ1) is 10.2. The molecule has 3 aromatic rings. The molecule has 0 saturated heterocycles. The molecule has 0 atom stereocenters. The minimum atomic E-state index is -1.01. The first kappa shape index (κ1) is 13.1. The Labute approximate surface area is 120 Å². The van der Waals surface area contributed by atoms with Crippen LogP contribution in [0.2, 0.25) is 0 Å². The van der Waals surface area contributed by atoms with E-state index in [1.165, 1.54) is 12.3 Å². The van der Waals surface area contributed by atoms with Crippen molar-refractivity contribution in [2.24, 2.45) is 0 Å². The minimum Gasteiger partial charge on any atom is -0.497 e. The quantitative estimate of drug-likeness (QED) is 0.766. The molecule has 106 valence electrons. The SMILES string of the molecule is COc1cccc(Cc2nc3ncc(C(=O)O)cc3[nH]2)c1. The fraction of sp³-hybridized carbons (Fsp3) is 0.133. The number of fused-ring (bicyclic) bond motifs is 1. The predicted molar refractivity (Wildman–Crippen MR) is 76.6 cm³/mol.